The lowest BCUT2D eigenvalue weighted by Gasteiger charge is -2.09. The van der Waals surface area contributed by atoms with Crippen LogP contribution in [0.3, 0.4) is 0 Å². The Morgan fingerprint density at radius 3 is 0.843 bits per heavy atom. The van der Waals surface area contributed by atoms with E-state index in [0.717, 1.165) is 53.0 Å². The molecule has 25 nitrogen and oxygen atoms in total. The topological polar surface area (TPSA) is 305 Å². The first-order valence-corrected chi connectivity index (χ1v) is 34.1. The summed E-state index contributed by atoms with van der Waals surface area (Å²) in [6.07, 6.45) is 7.33. The van der Waals surface area contributed by atoms with Crippen LogP contribution in [0.25, 0.3) is 6.08 Å². The molecule has 0 unspecified atom stereocenters. The van der Waals surface area contributed by atoms with E-state index in [0.29, 0.717) is 128 Å². The van der Waals surface area contributed by atoms with Gasteiger partial charge in [-0.1, -0.05) is 44.5 Å². The molecule has 0 aliphatic carbocycles. The Morgan fingerprint density at radius 2 is 0.546 bits per heavy atom. The maximum absolute atomic E-state index is 12.2. The van der Waals surface area contributed by atoms with E-state index >= 15 is 0 Å². The highest BCUT2D eigenvalue weighted by Gasteiger charge is 2.15. The van der Waals surface area contributed by atoms with E-state index in [1.54, 1.807) is 159 Å². The molecule has 0 heterocycles. The molecule has 0 aliphatic heterocycles. The van der Waals surface area contributed by atoms with E-state index in [1.165, 1.54) is 0 Å². The molecule has 0 aromatic heterocycles. The van der Waals surface area contributed by atoms with Gasteiger partial charge in [-0.2, -0.15) is 0 Å². The van der Waals surface area contributed by atoms with Gasteiger partial charge in [0.15, 0.2) is 0 Å². The molecule has 0 fully saturated rings. The minimum atomic E-state index is -0.498. The van der Waals surface area contributed by atoms with Gasteiger partial charge in [0, 0.05) is 75.6 Å². The summed E-state index contributed by atoms with van der Waals surface area (Å²) in [7, 11) is 7.28. The normalized spacial score (nSPS) is 10.0. The van der Waals surface area contributed by atoms with E-state index in [1.807, 2.05) is 69.7 Å². The van der Waals surface area contributed by atoms with Crippen LogP contribution in [-0.4, -0.2) is 149 Å². The second-order valence-corrected chi connectivity index (χ2v) is 22.0. The van der Waals surface area contributed by atoms with Gasteiger partial charge in [0.25, 0.3) is 0 Å². The van der Waals surface area contributed by atoms with Gasteiger partial charge in [0.2, 0.25) is 0 Å². The number of hydrogen-bond acceptors (Lipinski definition) is 25. The largest absolute Gasteiger partial charge is 0.491 e. The molecule has 568 valence electrons. The lowest BCUT2D eigenvalue weighted by atomic mass is 10.1. The number of rotatable bonds is 40. The predicted molar refractivity (Wildman–Crippen MR) is 411 cm³/mol. The van der Waals surface area contributed by atoms with E-state index in [2.05, 4.69) is 47.6 Å². The summed E-state index contributed by atoms with van der Waals surface area (Å²) in [5.41, 5.74) is 6.43. The molecule has 0 saturated heterocycles. The smallest absolute Gasteiger partial charge is 0.343 e. The van der Waals surface area contributed by atoms with E-state index in [4.69, 9.17) is 61.6 Å². The summed E-state index contributed by atoms with van der Waals surface area (Å²) in [4.78, 5) is 92.9. The number of carbonyl (C=O) groups is 8. The molecule has 0 saturated carbocycles. The Balaban J connectivity index is 0.000000261. The molecule has 25 heteroatoms. The third kappa shape index (κ3) is 34.6. The highest BCUT2D eigenvalue weighted by atomic mass is 16.6. The van der Waals surface area contributed by atoms with Crippen molar-refractivity contribution in [1.29, 1.82) is 0 Å². The standard InChI is InChI=1S/C23H27NO7.C23H25NO6.C21H23NO6.C16H15NO2/c1-3-22(25)30-17-15-28-13-12-27-14-16-29-20-8-4-18(5-9-20)23(26)31-21-10-6-19(24-2)7-11-21;1-3-21(25)28-16-6-4-5-7-22(26)29-19-12-8-17(9-13-19)23(27)30-20-14-10-18(24-2)11-15-20;1-3-20(23)27-15-13-25-12-14-26-18-8-4-16(5-9-18)21(24)28-19-10-6-17(22-2)7-11-19;1-3-12-4-6-13(7-5-12)16(18)19-15-10-8-14(17-2)9-11-15/h3-11,24H,1,12-17H2,2H3;3,8-15,24H,1,4-7,16H2,2H3;3-11,22H,1,12-15H2,2H3;3-11,17H,1H2,2H3. The van der Waals surface area contributed by atoms with Crippen LogP contribution < -0.4 is 54.4 Å². The first-order chi connectivity index (χ1) is 52.5. The van der Waals surface area contributed by atoms with Crippen molar-refractivity contribution in [2.75, 3.05) is 122 Å². The third-order valence-electron chi connectivity index (χ3n) is 14.4. The molecule has 8 aromatic carbocycles. The van der Waals surface area contributed by atoms with Gasteiger partial charge in [-0.05, 0) is 207 Å². The summed E-state index contributed by atoms with van der Waals surface area (Å²) in [5.74, 6) is -0.0109. The second kappa shape index (κ2) is 50.5. The van der Waals surface area contributed by atoms with E-state index in [9.17, 15) is 38.4 Å². The van der Waals surface area contributed by atoms with Crippen LogP contribution in [0.4, 0.5) is 22.7 Å². The van der Waals surface area contributed by atoms with Gasteiger partial charge in [0.05, 0.1) is 68.5 Å². The van der Waals surface area contributed by atoms with Crippen molar-refractivity contribution in [2.45, 2.75) is 25.7 Å². The van der Waals surface area contributed by atoms with Crippen LogP contribution in [0.5, 0.6) is 40.2 Å². The van der Waals surface area contributed by atoms with Crippen molar-refractivity contribution < 1.29 is 99.9 Å². The number of nitrogens with one attached hydrogen (secondary N) is 4. The Hall–Kier alpha value is -12.8. The summed E-state index contributed by atoms with van der Waals surface area (Å²) in [6, 6.07) is 55.0. The Kier molecular flexibility index (Phi) is 40.2. The molecular weight excluding hydrogens is 1390 g/mol. The average Bonchev–Trinajstić information content (AvgIpc) is 0.881. The third-order valence-corrected chi connectivity index (χ3v) is 14.4. The van der Waals surface area contributed by atoms with Crippen LogP contribution >= 0.6 is 0 Å². The minimum Gasteiger partial charge on any atom is -0.491 e. The van der Waals surface area contributed by atoms with Crippen LogP contribution in [-0.2, 0) is 47.6 Å². The average molecular weight is 1480 g/mol. The summed E-state index contributed by atoms with van der Waals surface area (Å²) in [5, 5.41) is 12.0. The van der Waals surface area contributed by atoms with Gasteiger partial charge in [-0.15, -0.1) is 0 Å². The molecular formula is C83H90N4O21. The molecule has 0 spiro atoms. The SMILES string of the molecule is C=CC(=O)OCCCCCC(=O)Oc1ccc(C(=O)Oc2ccc(NC)cc2)cc1.C=CC(=O)OCCOCCOCCOc1ccc(C(=O)Oc2ccc(NC)cc2)cc1.C=CC(=O)OCCOCCOc1ccc(C(=O)Oc2ccc(NC)cc2)cc1.C=Cc1ccc(C(=O)Oc2ccc(NC)cc2)cc1. The maximum Gasteiger partial charge on any atom is 0.343 e. The quantitative estimate of drug-likeness (QED) is 0.00912. The van der Waals surface area contributed by atoms with Gasteiger partial charge in [-0.25, -0.2) is 33.6 Å². The summed E-state index contributed by atoms with van der Waals surface area (Å²) in [6.45, 7) is 17.0. The Bertz CT molecular complexity index is 4080. The number of esters is 8. The lowest BCUT2D eigenvalue weighted by Crippen LogP contribution is -2.13. The first-order valence-electron chi connectivity index (χ1n) is 34.1. The van der Waals surface area contributed by atoms with Crippen LogP contribution in [0.1, 0.15) is 72.7 Å². The zero-order chi connectivity index (χ0) is 77.9. The van der Waals surface area contributed by atoms with Crippen LogP contribution in [0.15, 0.2) is 239 Å². The summed E-state index contributed by atoms with van der Waals surface area (Å²) < 4.78 is 68.0. The monoisotopic (exact) mass is 1480 g/mol. The minimum absolute atomic E-state index is 0.166. The van der Waals surface area contributed by atoms with Crippen molar-refractivity contribution in [2.24, 2.45) is 0 Å². The molecule has 108 heavy (non-hydrogen) atoms. The number of ether oxygens (including phenoxy) is 13. The van der Waals surface area contributed by atoms with E-state index in [-0.39, 0.29) is 38.2 Å². The van der Waals surface area contributed by atoms with Gasteiger partial charge in [-0.3, -0.25) is 4.79 Å². The number of unbranched alkanes of at least 4 members (excludes halogenated alkanes) is 2. The van der Waals surface area contributed by atoms with E-state index < -0.39 is 35.8 Å². The van der Waals surface area contributed by atoms with Gasteiger partial charge in [0.1, 0.15) is 66.7 Å². The second-order valence-electron chi connectivity index (χ2n) is 22.0. The van der Waals surface area contributed by atoms with Gasteiger partial charge < -0.3 is 82.8 Å². The van der Waals surface area contributed by atoms with Crippen molar-refractivity contribution in [3.05, 3.63) is 266 Å². The molecule has 8 aromatic rings. The molecule has 4 N–H and O–H groups in total. The maximum atomic E-state index is 12.2. The number of anilines is 4. The molecule has 0 amide bonds. The van der Waals surface area contributed by atoms with Crippen LogP contribution in [0, 0.1) is 0 Å². The van der Waals surface area contributed by atoms with Crippen molar-refractivity contribution in [3.63, 3.8) is 0 Å². The van der Waals surface area contributed by atoms with Crippen molar-refractivity contribution in [3.8, 4) is 40.2 Å². The molecule has 0 bridgehead atoms. The number of carbonyl (C=O) groups excluding carboxylic acids is 8. The molecule has 8 rings (SSSR count). The number of benzene rings is 8. The van der Waals surface area contributed by atoms with Crippen molar-refractivity contribution in [1.82, 2.24) is 0 Å². The molecule has 0 atom stereocenters. The fourth-order valence-corrected chi connectivity index (χ4v) is 8.55. The highest BCUT2D eigenvalue weighted by Crippen LogP contribution is 2.23. The van der Waals surface area contributed by atoms with Crippen molar-refractivity contribution >= 4 is 76.6 Å². The molecule has 0 aliphatic rings. The number of hydrogen-bond donors (Lipinski definition) is 4. The fourth-order valence-electron chi connectivity index (χ4n) is 8.55. The van der Waals surface area contributed by atoms with Gasteiger partial charge >= 0.3 is 47.8 Å². The first kappa shape index (κ1) is 85.8. The Morgan fingerprint density at radius 1 is 0.287 bits per heavy atom. The Labute approximate surface area is 628 Å². The molecule has 0 radical (unpaired) electrons. The zero-order valence-electron chi connectivity index (χ0n) is 60.8. The lowest BCUT2D eigenvalue weighted by molar-refractivity contribution is -0.140. The summed E-state index contributed by atoms with van der Waals surface area (Å²) >= 11 is 0. The zero-order valence-corrected chi connectivity index (χ0v) is 60.8. The predicted octanol–water partition coefficient (Wildman–Crippen LogP) is 13.9. The van der Waals surface area contributed by atoms with Crippen LogP contribution in [0.2, 0.25) is 0 Å². The highest BCUT2D eigenvalue weighted by molar-refractivity contribution is 5.93. The fraction of sp³-hybridized carbons (Fsp3) is 0.229.